The van der Waals surface area contributed by atoms with E-state index < -0.39 is 0 Å². The van der Waals surface area contributed by atoms with Crippen molar-refractivity contribution in [3.63, 3.8) is 0 Å². The smallest absolute Gasteiger partial charge is 0.254 e. The fraction of sp³-hybridized carbons (Fsp3) is 0.462. The van der Waals surface area contributed by atoms with Crippen molar-refractivity contribution in [3.05, 3.63) is 64.8 Å². The maximum atomic E-state index is 14.3. The van der Waals surface area contributed by atoms with Crippen LogP contribution < -0.4 is 4.90 Å². The molecule has 0 bridgehead atoms. The number of hydrogen-bond donors (Lipinski definition) is 0. The third-order valence-corrected chi connectivity index (χ3v) is 5.18. The van der Waals surface area contributed by atoms with Gasteiger partial charge in [0.25, 0.3) is 5.91 Å². The Labute approximate surface area is 186 Å². The molecule has 0 spiro atoms. The minimum Gasteiger partial charge on any atom is -0.496 e. The maximum absolute atomic E-state index is 14.3. The fourth-order valence-electron chi connectivity index (χ4n) is 3.69. The lowest BCUT2D eigenvalue weighted by atomic mass is 10.0. The number of carbonyl (C=O) groups is 1. The number of aliphatic imine (C=N–C) groups is 1. The molecule has 1 aromatic carbocycles. The Kier molecular flexibility index (Phi) is 10.2. The largest absolute Gasteiger partial charge is 0.496 e. The molecule has 168 valence electrons. The summed E-state index contributed by atoms with van der Waals surface area (Å²) >= 11 is 0. The molecular formula is C26H35FN2O2. The average Bonchev–Trinajstić information content (AvgIpc) is 2.97. The Morgan fingerprint density at radius 1 is 1.13 bits per heavy atom. The van der Waals surface area contributed by atoms with Crippen molar-refractivity contribution in [2.45, 2.75) is 66.2 Å². The second kappa shape index (κ2) is 12.9. The van der Waals surface area contributed by atoms with Crippen LogP contribution in [0, 0.1) is 5.82 Å². The van der Waals surface area contributed by atoms with Crippen LogP contribution in [0.3, 0.4) is 0 Å². The Morgan fingerprint density at radius 2 is 1.94 bits per heavy atom. The molecule has 0 atom stereocenters. The lowest BCUT2D eigenvalue weighted by molar-refractivity contribution is -0.114. The van der Waals surface area contributed by atoms with Gasteiger partial charge in [-0.05, 0) is 55.0 Å². The van der Waals surface area contributed by atoms with Gasteiger partial charge in [-0.3, -0.25) is 9.79 Å². The predicted molar refractivity (Wildman–Crippen MR) is 127 cm³/mol. The lowest BCUT2D eigenvalue weighted by Crippen LogP contribution is -2.26. The van der Waals surface area contributed by atoms with Gasteiger partial charge < -0.3 is 9.64 Å². The molecule has 3 aliphatic rings. The summed E-state index contributed by atoms with van der Waals surface area (Å²) in [7, 11) is 0. The summed E-state index contributed by atoms with van der Waals surface area (Å²) in [6.07, 6.45) is 12.8. The number of rotatable bonds is 5. The first-order valence-corrected chi connectivity index (χ1v) is 11.5. The van der Waals surface area contributed by atoms with E-state index in [0.717, 1.165) is 54.7 Å². The molecule has 1 aromatic rings. The lowest BCUT2D eigenvalue weighted by Gasteiger charge is -2.18. The van der Waals surface area contributed by atoms with Crippen LogP contribution in [0.4, 0.5) is 10.1 Å². The zero-order valence-corrected chi connectivity index (χ0v) is 19.3. The van der Waals surface area contributed by atoms with Crippen molar-refractivity contribution < 1.29 is 13.9 Å². The topological polar surface area (TPSA) is 41.9 Å². The molecule has 0 radical (unpaired) electrons. The van der Waals surface area contributed by atoms with Gasteiger partial charge in [-0.25, -0.2) is 4.39 Å². The zero-order chi connectivity index (χ0) is 22.6. The Morgan fingerprint density at radius 3 is 2.71 bits per heavy atom. The number of carbonyl (C=O) groups excluding carboxylic acids is 1. The first-order chi connectivity index (χ1) is 15.2. The van der Waals surface area contributed by atoms with Gasteiger partial charge in [0.1, 0.15) is 11.6 Å². The van der Waals surface area contributed by atoms with Crippen LogP contribution in [0.15, 0.2) is 58.4 Å². The third-order valence-electron chi connectivity index (χ3n) is 5.18. The van der Waals surface area contributed by atoms with E-state index in [4.69, 9.17) is 4.74 Å². The number of halogens is 1. The van der Waals surface area contributed by atoms with E-state index in [1.54, 1.807) is 23.2 Å². The van der Waals surface area contributed by atoms with Crippen LogP contribution in [0.2, 0.25) is 0 Å². The summed E-state index contributed by atoms with van der Waals surface area (Å²) in [5, 5.41) is 0. The molecule has 1 aliphatic carbocycles. The van der Waals surface area contributed by atoms with Gasteiger partial charge in [-0.15, -0.1) is 0 Å². The van der Waals surface area contributed by atoms with Crippen molar-refractivity contribution in [2.75, 3.05) is 18.1 Å². The highest BCUT2D eigenvalue weighted by molar-refractivity contribution is 6.10. The van der Waals surface area contributed by atoms with Gasteiger partial charge in [0.05, 0.1) is 19.4 Å². The van der Waals surface area contributed by atoms with E-state index in [9.17, 15) is 9.18 Å². The van der Waals surface area contributed by atoms with Crippen molar-refractivity contribution in [1.82, 2.24) is 0 Å². The second-order valence-electron chi connectivity index (χ2n) is 7.03. The maximum Gasteiger partial charge on any atom is 0.254 e. The van der Waals surface area contributed by atoms with Gasteiger partial charge in [0.15, 0.2) is 0 Å². The zero-order valence-electron chi connectivity index (χ0n) is 19.3. The highest BCUT2D eigenvalue weighted by Gasteiger charge is 2.31. The van der Waals surface area contributed by atoms with E-state index in [1.807, 2.05) is 40.0 Å². The van der Waals surface area contributed by atoms with Crippen LogP contribution in [-0.4, -0.2) is 25.3 Å². The minimum atomic E-state index is -0.264. The van der Waals surface area contributed by atoms with Crippen molar-refractivity contribution in [1.29, 1.82) is 0 Å². The van der Waals surface area contributed by atoms with Gasteiger partial charge in [-0.2, -0.15) is 0 Å². The third kappa shape index (κ3) is 6.39. The summed E-state index contributed by atoms with van der Waals surface area (Å²) in [5.41, 5.74) is 3.30. The number of anilines is 1. The van der Waals surface area contributed by atoms with Gasteiger partial charge in [0.2, 0.25) is 0 Å². The number of amides is 1. The molecule has 4 rings (SSSR count). The monoisotopic (exact) mass is 426 g/mol. The molecule has 5 heteroatoms. The molecule has 0 saturated carbocycles. The van der Waals surface area contributed by atoms with Gasteiger partial charge >= 0.3 is 0 Å². The van der Waals surface area contributed by atoms with E-state index in [1.165, 1.54) is 6.07 Å². The molecule has 0 unspecified atom stereocenters. The highest BCUT2D eigenvalue weighted by atomic mass is 19.1. The van der Waals surface area contributed by atoms with Crippen molar-refractivity contribution in [3.8, 4) is 0 Å². The summed E-state index contributed by atoms with van der Waals surface area (Å²) in [4.78, 5) is 18.6. The van der Waals surface area contributed by atoms with Crippen LogP contribution in [0.5, 0.6) is 0 Å². The molecule has 2 heterocycles. The van der Waals surface area contributed by atoms with Crippen LogP contribution in [0.1, 0.15) is 65.4 Å². The Hall–Kier alpha value is -2.69. The molecule has 0 fully saturated rings. The van der Waals surface area contributed by atoms with Gasteiger partial charge in [0, 0.05) is 30.3 Å². The van der Waals surface area contributed by atoms with E-state index in [0.29, 0.717) is 25.1 Å². The summed E-state index contributed by atoms with van der Waals surface area (Å²) in [6.45, 7) is 8.96. The number of benzene rings is 1. The number of allylic oxidation sites excluding steroid dienone is 2. The molecule has 0 aromatic heterocycles. The Bertz CT molecular complexity index is 868. The molecule has 0 saturated heterocycles. The normalized spacial score (nSPS) is 17.1. The first-order valence-electron chi connectivity index (χ1n) is 11.5. The number of hydrogen-bond acceptors (Lipinski definition) is 3. The molecule has 4 nitrogen and oxygen atoms in total. The fourth-order valence-corrected chi connectivity index (χ4v) is 3.69. The van der Waals surface area contributed by atoms with E-state index in [-0.39, 0.29) is 11.7 Å². The van der Waals surface area contributed by atoms with Crippen LogP contribution >= 0.6 is 0 Å². The summed E-state index contributed by atoms with van der Waals surface area (Å²) < 4.78 is 20.0. The summed E-state index contributed by atoms with van der Waals surface area (Å²) in [5.74, 6) is 0.628. The summed E-state index contributed by atoms with van der Waals surface area (Å²) in [6, 6.07) is 4.90. The van der Waals surface area contributed by atoms with Gasteiger partial charge in [-0.1, -0.05) is 39.8 Å². The SMILES string of the molecule is CC.CC.O=C1C2=C(C=CCC2)CN1c1ccc(F)c(CCOC2=CN=CCCC2)c1. The molecular weight excluding hydrogens is 391 g/mol. The number of ether oxygens (including phenoxy) is 1. The quantitative estimate of drug-likeness (QED) is 0.537. The average molecular weight is 427 g/mol. The van der Waals surface area contributed by atoms with Crippen LogP contribution in [-0.2, 0) is 16.0 Å². The number of nitrogens with zero attached hydrogens (tertiary/aromatic N) is 2. The van der Waals surface area contributed by atoms with E-state index in [2.05, 4.69) is 11.1 Å². The Balaban J connectivity index is 0.000000807. The highest BCUT2D eigenvalue weighted by Crippen LogP contribution is 2.32. The van der Waals surface area contributed by atoms with E-state index >= 15 is 0 Å². The molecule has 1 amide bonds. The second-order valence-corrected chi connectivity index (χ2v) is 7.03. The standard InChI is InChI=1S/C22H23FN2O2.2C2H6/c23-21-9-8-18(25-15-17-5-1-2-7-20(17)22(25)26)13-16(21)10-12-27-19-6-3-4-11-24-14-19;2*1-2/h1,5,8-9,11,13-14H,2-4,6-7,10,12,15H2;2*1-2H3. The van der Waals surface area contributed by atoms with Crippen LogP contribution in [0.25, 0.3) is 0 Å². The van der Waals surface area contributed by atoms with Crippen molar-refractivity contribution in [2.24, 2.45) is 4.99 Å². The first kappa shape index (κ1) is 24.6. The minimum absolute atomic E-state index is 0.0460. The molecule has 0 N–H and O–H groups in total. The van der Waals surface area contributed by atoms with Crippen molar-refractivity contribution >= 4 is 17.8 Å². The predicted octanol–water partition coefficient (Wildman–Crippen LogP) is 6.53. The molecule has 31 heavy (non-hydrogen) atoms. The molecule has 2 aliphatic heterocycles.